The van der Waals surface area contributed by atoms with Crippen LogP contribution in [-0.2, 0) is 11.2 Å². The van der Waals surface area contributed by atoms with Gasteiger partial charge in [0.1, 0.15) is 11.9 Å². The van der Waals surface area contributed by atoms with Crippen LogP contribution in [0.5, 0.6) is 5.75 Å². The highest BCUT2D eigenvalue weighted by Gasteiger charge is 2.24. The van der Waals surface area contributed by atoms with E-state index in [0.717, 1.165) is 36.7 Å². The summed E-state index contributed by atoms with van der Waals surface area (Å²) in [4.78, 5) is 11.1. The van der Waals surface area contributed by atoms with Gasteiger partial charge in [-0.3, -0.25) is 4.79 Å². The van der Waals surface area contributed by atoms with Crippen molar-refractivity contribution in [1.82, 2.24) is 10.6 Å². The zero-order chi connectivity index (χ0) is 13.2. The Bertz CT molecular complexity index is 492. The van der Waals surface area contributed by atoms with Crippen molar-refractivity contribution in [1.29, 1.82) is 0 Å². The molecule has 0 aromatic heterocycles. The van der Waals surface area contributed by atoms with E-state index in [1.807, 2.05) is 18.2 Å². The van der Waals surface area contributed by atoms with Gasteiger partial charge in [0.25, 0.3) is 0 Å². The normalized spacial score (nSPS) is 25.0. The molecule has 2 aliphatic rings. The molecule has 2 N–H and O–H groups in total. The van der Waals surface area contributed by atoms with E-state index in [1.54, 1.807) is 0 Å². The maximum atomic E-state index is 11.1. The van der Waals surface area contributed by atoms with E-state index in [4.69, 9.17) is 16.3 Å². The Kier molecular flexibility index (Phi) is 3.62. The molecule has 102 valence electrons. The number of amides is 1. The van der Waals surface area contributed by atoms with Crippen molar-refractivity contribution in [2.75, 3.05) is 13.1 Å². The van der Waals surface area contributed by atoms with Crippen molar-refractivity contribution in [3.05, 3.63) is 28.8 Å². The predicted octanol–water partition coefficient (Wildman–Crippen LogP) is 1.51. The van der Waals surface area contributed by atoms with Crippen LogP contribution in [0.25, 0.3) is 0 Å². The fourth-order valence-corrected chi connectivity index (χ4v) is 2.85. The van der Waals surface area contributed by atoms with E-state index in [-0.39, 0.29) is 18.1 Å². The smallest absolute Gasteiger partial charge is 0.220 e. The van der Waals surface area contributed by atoms with Crippen molar-refractivity contribution < 1.29 is 9.53 Å². The maximum Gasteiger partial charge on any atom is 0.220 e. The largest absolute Gasteiger partial charge is 0.488 e. The molecule has 0 spiro atoms. The molecule has 2 aliphatic heterocycles. The first-order chi connectivity index (χ1) is 9.20. The molecule has 19 heavy (non-hydrogen) atoms. The first-order valence-corrected chi connectivity index (χ1v) is 7.03. The van der Waals surface area contributed by atoms with Gasteiger partial charge >= 0.3 is 0 Å². The monoisotopic (exact) mass is 280 g/mol. The van der Waals surface area contributed by atoms with Gasteiger partial charge in [-0.05, 0) is 30.2 Å². The summed E-state index contributed by atoms with van der Waals surface area (Å²) >= 11 is 5.96. The fourth-order valence-electron chi connectivity index (χ4n) is 2.65. The lowest BCUT2D eigenvalue weighted by atomic mass is 10.1. The number of rotatable bonds is 4. The van der Waals surface area contributed by atoms with Gasteiger partial charge in [-0.15, -0.1) is 0 Å². The van der Waals surface area contributed by atoms with Crippen molar-refractivity contribution in [3.8, 4) is 5.75 Å². The van der Waals surface area contributed by atoms with Crippen molar-refractivity contribution in [2.45, 2.75) is 31.4 Å². The second kappa shape index (κ2) is 5.39. The van der Waals surface area contributed by atoms with Gasteiger partial charge in [0.05, 0.1) is 0 Å². The Morgan fingerprint density at radius 2 is 2.32 bits per heavy atom. The quantitative estimate of drug-likeness (QED) is 0.879. The lowest BCUT2D eigenvalue weighted by molar-refractivity contribution is -0.119. The van der Waals surface area contributed by atoms with Crippen molar-refractivity contribution >= 4 is 17.5 Å². The number of carbonyl (C=O) groups is 1. The van der Waals surface area contributed by atoms with Crippen LogP contribution < -0.4 is 15.4 Å². The highest BCUT2D eigenvalue weighted by Crippen LogP contribution is 2.30. The van der Waals surface area contributed by atoms with Crippen LogP contribution in [0.4, 0.5) is 0 Å². The van der Waals surface area contributed by atoms with E-state index < -0.39 is 0 Å². The van der Waals surface area contributed by atoms with Crippen molar-refractivity contribution in [3.63, 3.8) is 0 Å². The molecule has 3 rings (SSSR count). The van der Waals surface area contributed by atoms with Crippen LogP contribution in [0.3, 0.4) is 0 Å². The summed E-state index contributed by atoms with van der Waals surface area (Å²) < 4.78 is 5.84. The molecule has 1 aromatic rings. The third-order valence-electron chi connectivity index (χ3n) is 3.61. The molecular weight excluding hydrogens is 264 g/mol. The second-order valence-corrected chi connectivity index (χ2v) is 5.59. The molecule has 0 bridgehead atoms. The molecule has 0 saturated carbocycles. The number of carbonyl (C=O) groups excluding carboxylic acids is 1. The van der Waals surface area contributed by atoms with Gasteiger partial charge in [0.2, 0.25) is 5.91 Å². The lowest BCUT2D eigenvalue weighted by Gasteiger charge is -2.14. The van der Waals surface area contributed by atoms with Gasteiger partial charge in [0, 0.05) is 37.0 Å². The highest BCUT2D eigenvalue weighted by molar-refractivity contribution is 6.30. The molecule has 1 aromatic carbocycles. The average molecular weight is 281 g/mol. The summed E-state index contributed by atoms with van der Waals surface area (Å²) in [5.41, 5.74) is 1.17. The summed E-state index contributed by atoms with van der Waals surface area (Å²) in [6.07, 6.45) is 2.62. The van der Waals surface area contributed by atoms with E-state index in [2.05, 4.69) is 10.6 Å². The molecule has 0 aliphatic carbocycles. The summed E-state index contributed by atoms with van der Waals surface area (Å²) in [7, 11) is 0. The zero-order valence-electron chi connectivity index (χ0n) is 10.6. The number of benzene rings is 1. The van der Waals surface area contributed by atoms with Crippen LogP contribution >= 0.6 is 11.6 Å². The van der Waals surface area contributed by atoms with Gasteiger partial charge < -0.3 is 15.4 Å². The predicted molar refractivity (Wildman–Crippen MR) is 73.6 cm³/mol. The first kappa shape index (κ1) is 12.8. The average Bonchev–Trinajstić information content (AvgIpc) is 2.95. The minimum Gasteiger partial charge on any atom is -0.488 e. The summed E-state index contributed by atoms with van der Waals surface area (Å²) in [5, 5.41) is 7.07. The molecule has 2 unspecified atom stereocenters. The third kappa shape index (κ3) is 3.01. The topological polar surface area (TPSA) is 50.4 Å². The molecule has 5 heteroatoms. The molecule has 1 fully saturated rings. The zero-order valence-corrected chi connectivity index (χ0v) is 11.4. The van der Waals surface area contributed by atoms with E-state index in [0.29, 0.717) is 6.42 Å². The van der Waals surface area contributed by atoms with E-state index in [1.165, 1.54) is 5.56 Å². The number of halogens is 1. The molecule has 0 radical (unpaired) electrons. The Hall–Kier alpha value is -1.26. The molecular formula is C14H17ClN2O2. The number of fused-ring (bicyclic) bond motifs is 1. The molecule has 2 atom stereocenters. The van der Waals surface area contributed by atoms with Crippen molar-refractivity contribution in [2.24, 2.45) is 0 Å². The fraction of sp³-hybridized carbons (Fsp3) is 0.500. The molecule has 2 heterocycles. The lowest BCUT2D eigenvalue weighted by Crippen LogP contribution is -2.39. The Labute approximate surface area is 117 Å². The number of hydrogen-bond donors (Lipinski definition) is 2. The summed E-state index contributed by atoms with van der Waals surface area (Å²) in [5.74, 6) is 1.09. The Balaban J connectivity index is 1.44. The minimum absolute atomic E-state index is 0.158. The van der Waals surface area contributed by atoms with Gasteiger partial charge in [-0.2, -0.15) is 0 Å². The van der Waals surface area contributed by atoms with Crippen LogP contribution in [0.2, 0.25) is 5.02 Å². The summed E-state index contributed by atoms with van der Waals surface area (Å²) in [6.45, 7) is 1.60. The highest BCUT2D eigenvalue weighted by atomic mass is 35.5. The van der Waals surface area contributed by atoms with E-state index in [9.17, 15) is 4.79 Å². The van der Waals surface area contributed by atoms with Gasteiger partial charge in [0.15, 0.2) is 0 Å². The molecule has 4 nitrogen and oxygen atoms in total. The minimum atomic E-state index is 0.158. The molecule has 1 amide bonds. The Morgan fingerprint density at radius 1 is 1.42 bits per heavy atom. The van der Waals surface area contributed by atoms with Gasteiger partial charge in [-0.1, -0.05) is 11.6 Å². The summed E-state index contributed by atoms with van der Waals surface area (Å²) in [6, 6.07) is 6.01. The van der Waals surface area contributed by atoms with Crippen LogP contribution in [0.15, 0.2) is 18.2 Å². The van der Waals surface area contributed by atoms with Crippen LogP contribution in [-0.4, -0.2) is 31.1 Å². The van der Waals surface area contributed by atoms with Crippen LogP contribution in [0.1, 0.15) is 18.4 Å². The molecule has 1 saturated heterocycles. The number of ether oxygens (including phenoxy) is 1. The van der Waals surface area contributed by atoms with E-state index >= 15 is 0 Å². The number of nitrogens with one attached hydrogen (secondary N) is 2. The number of hydrogen-bond acceptors (Lipinski definition) is 3. The second-order valence-electron chi connectivity index (χ2n) is 5.16. The maximum absolute atomic E-state index is 11.1. The first-order valence-electron chi connectivity index (χ1n) is 6.66. The van der Waals surface area contributed by atoms with Crippen LogP contribution in [0, 0.1) is 0 Å². The SMILES string of the molecule is O=C1CCC(CNCC2Cc3cc(Cl)ccc3O2)N1. The van der Waals surface area contributed by atoms with Gasteiger partial charge in [-0.25, -0.2) is 0 Å². The third-order valence-corrected chi connectivity index (χ3v) is 3.85. The Morgan fingerprint density at radius 3 is 3.11 bits per heavy atom. The standard InChI is InChI=1S/C14H17ClN2O2/c15-10-1-3-13-9(5-10)6-12(19-13)8-16-7-11-2-4-14(18)17-11/h1,3,5,11-12,16H,2,4,6-8H2,(H,17,18).